The Hall–Kier alpha value is -3.49. The topological polar surface area (TPSA) is 167 Å². The Morgan fingerprint density at radius 2 is 1.88 bits per heavy atom. The smallest absolute Gasteiger partial charge is 0.475 e. The molecule has 10 nitrogen and oxygen atoms in total. The van der Waals surface area contributed by atoms with Crippen LogP contribution in [0.2, 0.25) is 0 Å². The van der Waals surface area contributed by atoms with Crippen molar-refractivity contribution in [1.29, 1.82) is 0 Å². The number of H-pyrrole nitrogens is 1. The first-order valence-electron chi connectivity index (χ1n) is 9.82. The molecule has 0 aliphatic carbocycles. The van der Waals surface area contributed by atoms with Gasteiger partial charge >= 0.3 is 12.1 Å². The molecule has 1 aliphatic rings. The highest BCUT2D eigenvalue weighted by Gasteiger charge is 2.38. The van der Waals surface area contributed by atoms with E-state index in [0.717, 1.165) is 30.3 Å². The van der Waals surface area contributed by atoms with Crippen LogP contribution in [0.5, 0.6) is 0 Å². The van der Waals surface area contributed by atoms with Crippen LogP contribution in [0.4, 0.5) is 18.9 Å². The molecule has 0 spiro atoms. The largest absolute Gasteiger partial charge is 0.490 e. The molecule has 0 radical (unpaired) electrons. The second-order valence-corrected chi connectivity index (χ2v) is 8.91. The Kier molecular flexibility index (Phi) is 7.24. The fourth-order valence-corrected chi connectivity index (χ4v) is 3.83. The minimum Gasteiger partial charge on any atom is -0.475 e. The number of nitrogens with zero attached hydrogens (tertiary/aromatic N) is 1. The van der Waals surface area contributed by atoms with Crippen molar-refractivity contribution < 1.29 is 36.3 Å². The van der Waals surface area contributed by atoms with Gasteiger partial charge in [0.1, 0.15) is 5.69 Å². The van der Waals surface area contributed by atoms with Gasteiger partial charge < -0.3 is 15.7 Å². The molecule has 1 fully saturated rings. The number of carbonyl (C=O) groups is 2. The molecule has 1 unspecified atom stereocenters. The summed E-state index contributed by atoms with van der Waals surface area (Å²) in [7, 11) is -3.81. The first-order chi connectivity index (χ1) is 15.9. The maximum absolute atomic E-state index is 12.3. The molecule has 6 N–H and O–H groups in total. The third-order valence-corrected chi connectivity index (χ3v) is 5.80. The first kappa shape index (κ1) is 25.1. The SMILES string of the molecule is NS(=O)(=O)c1cccc(-c2n[nH]c3ccc(NC(=O)C4CCCN4)cc23)c1.O=C(O)C(F)(F)F. The fourth-order valence-electron chi connectivity index (χ4n) is 3.27. The highest BCUT2D eigenvalue weighted by Crippen LogP contribution is 2.29. The lowest BCUT2D eigenvalue weighted by Crippen LogP contribution is -2.35. The van der Waals surface area contributed by atoms with E-state index in [1.165, 1.54) is 12.1 Å². The fraction of sp³-hybridized carbons (Fsp3) is 0.250. The van der Waals surface area contributed by atoms with Crippen molar-refractivity contribution in [3.8, 4) is 11.3 Å². The zero-order valence-electron chi connectivity index (χ0n) is 17.4. The summed E-state index contributed by atoms with van der Waals surface area (Å²) in [6.07, 6.45) is -3.27. The van der Waals surface area contributed by atoms with E-state index in [1.807, 2.05) is 12.1 Å². The molecule has 2 heterocycles. The average Bonchev–Trinajstić information content (AvgIpc) is 3.43. The molecule has 1 atom stereocenters. The summed E-state index contributed by atoms with van der Waals surface area (Å²) < 4.78 is 55.0. The van der Waals surface area contributed by atoms with Gasteiger partial charge in [-0.3, -0.25) is 9.89 Å². The summed E-state index contributed by atoms with van der Waals surface area (Å²) in [5.41, 5.74) is 2.65. The first-order valence-corrected chi connectivity index (χ1v) is 11.4. The molecule has 1 saturated heterocycles. The predicted octanol–water partition coefficient (Wildman–Crippen LogP) is 2.20. The van der Waals surface area contributed by atoms with E-state index in [2.05, 4.69) is 20.8 Å². The van der Waals surface area contributed by atoms with Gasteiger partial charge in [-0.15, -0.1) is 0 Å². The number of nitrogens with one attached hydrogen (secondary N) is 3. The number of aliphatic carboxylic acids is 1. The van der Waals surface area contributed by atoms with Gasteiger partial charge in [0.15, 0.2) is 0 Å². The quantitative estimate of drug-likeness (QED) is 0.367. The van der Waals surface area contributed by atoms with Gasteiger partial charge in [-0.25, -0.2) is 18.4 Å². The molecule has 34 heavy (non-hydrogen) atoms. The highest BCUT2D eigenvalue weighted by molar-refractivity contribution is 7.89. The minimum atomic E-state index is -5.08. The van der Waals surface area contributed by atoms with Gasteiger partial charge in [0, 0.05) is 16.6 Å². The number of fused-ring (bicyclic) bond motifs is 1. The number of alkyl halides is 3. The summed E-state index contributed by atoms with van der Waals surface area (Å²) >= 11 is 0. The monoisotopic (exact) mass is 499 g/mol. The Labute approximate surface area is 191 Å². The van der Waals surface area contributed by atoms with Gasteiger partial charge in [-0.1, -0.05) is 12.1 Å². The van der Waals surface area contributed by atoms with Crippen LogP contribution < -0.4 is 15.8 Å². The number of aromatic amines is 1. The standard InChI is InChI=1S/C18H19N5O3S.C2HF3O2/c19-27(25,26)13-4-1-3-11(9-13)17-14-10-12(6-7-15(14)22-23-17)21-18(24)16-5-2-8-20-16;3-2(4,5)1(6)7/h1,3-4,6-7,9-10,16,20H,2,5,8H2,(H,21,24)(H,22,23)(H2,19,25,26);(H,6,7). The van der Waals surface area contributed by atoms with Crippen molar-refractivity contribution in [3.63, 3.8) is 0 Å². The Bertz CT molecular complexity index is 1320. The summed E-state index contributed by atoms with van der Waals surface area (Å²) in [6.45, 7) is 0.851. The van der Waals surface area contributed by atoms with E-state index in [0.29, 0.717) is 16.9 Å². The van der Waals surface area contributed by atoms with Crippen LogP contribution in [-0.4, -0.2) is 54.4 Å². The zero-order chi connectivity index (χ0) is 25.1. The molecular weight excluding hydrogens is 479 g/mol. The maximum Gasteiger partial charge on any atom is 0.490 e. The van der Waals surface area contributed by atoms with E-state index in [4.69, 9.17) is 15.0 Å². The number of aromatic nitrogens is 2. The molecule has 0 saturated carbocycles. The average molecular weight is 499 g/mol. The third-order valence-electron chi connectivity index (χ3n) is 4.89. The number of primary sulfonamides is 1. The number of amides is 1. The van der Waals surface area contributed by atoms with Gasteiger partial charge in [-0.05, 0) is 49.7 Å². The Morgan fingerprint density at radius 3 is 2.47 bits per heavy atom. The summed E-state index contributed by atoms with van der Waals surface area (Å²) in [5, 5.41) is 26.4. The van der Waals surface area contributed by atoms with Crippen molar-refractivity contribution in [3.05, 3.63) is 42.5 Å². The number of carboxylic acid groups (broad SMARTS) is 1. The van der Waals surface area contributed by atoms with Crippen LogP contribution in [0.3, 0.4) is 0 Å². The van der Waals surface area contributed by atoms with Crippen LogP contribution in [0.1, 0.15) is 12.8 Å². The van der Waals surface area contributed by atoms with Crippen molar-refractivity contribution in [1.82, 2.24) is 15.5 Å². The number of hydrogen-bond donors (Lipinski definition) is 5. The van der Waals surface area contributed by atoms with Crippen LogP contribution in [0, 0.1) is 0 Å². The number of sulfonamides is 1. The number of nitrogens with two attached hydrogens (primary N) is 1. The summed E-state index contributed by atoms with van der Waals surface area (Å²) in [5.74, 6) is -2.82. The van der Waals surface area contributed by atoms with Gasteiger partial charge in [-0.2, -0.15) is 18.3 Å². The van der Waals surface area contributed by atoms with Gasteiger partial charge in [0.25, 0.3) is 0 Å². The molecule has 182 valence electrons. The maximum atomic E-state index is 12.3. The second-order valence-electron chi connectivity index (χ2n) is 7.35. The molecule has 3 aromatic rings. The number of hydrogen-bond acceptors (Lipinski definition) is 6. The number of halogens is 3. The zero-order valence-corrected chi connectivity index (χ0v) is 18.2. The molecule has 2 aromatic carbocycles. The number of benzene rings is 2. The lowest BCUT2D eigenvalue weighted by atomic mass is 10.1. The minimum absolute atomic E-state index is 0.0212. The third kappa shape index (κ3) is 6.09. The number of rotatable bonds is 4. The van der Waals surface area contributed by atoms with Crippen LogP contribution in [0.15, 0.2) is 47.4 Å². The molecule has 1 amide bonds. The molecular formula is C20H20F3N5O5S. The van der Waals surface area contributed by atoms with Crippen molar-refractivity contribution in [2.24, 2.45) is 5.14 Å². The van der Waals surface area contributed by atoms with Gasteiger partial charge in [0.2, 0.25) is 15.9 Å². The van der Waals surface area contributed by atoms with Crippen molar-refractivity contribution in [2.75, 3.05) is 11.9 Å². The van der Waals surface area contributed by atoms with E-state index in [-0.39, 0.29) is 16.8 Å². The van der Waals surface area contributed by atoms with Gasteiger partial charge in [0.05, 0.1) is 16.5 Å². The summed E-state index contributed by atoms with van der Waals surface area (Å²) in [6, 6.07) is 11.6. The molecule has 1 aliphatic heterocycles. The number of carbonyl (C=O) groups excluding carboxylic acids is 1. The van der Waals surface area contributed by atoms with E-state index in [1.54, 1.807) is 18.2 Å². The number of anilines is 1. The Morgan fingerprint density at radius 1 is 1.18 bits per heavy atom. The molecule has 14 heteroatoms. The van der Waals surface area contributed by atoms with Crippen LogP contribution in [-0.2, 0) is 19.6 Å². The van der Waals surface area contributed by atoms with Crippen molar-refractivity contribution >= 4 is 38.5 Å². The van der Waals surface area contributed by atoms with E-state index >= 15 is 0 Å². The van der Waals surface area contributed by atoms with E-state index < -0.39 is 22.2 Å². The molecule has 0 bridgehead atoms. The molecule has 1 aromatic heterocycles. The van der Waals surface area contributed by atoms with E-state index in [9.17, 15) is 26.4 Å². The normalized spacial score (nSPS) is 16.1. The Balaban J connectivity index is 0.000000406. The molecule has 4 rings (SSSR count). The predicted molar refractivity (Wildman–Crippen MR) is 116 cm³/mol. The summed E-state index contributed by atoms with van der Waals surface area (Å²) in [4.78, 5) is 21.2. The van der Waals surface area contributed by atoms with Crippen molar-refractivity contribution in [2.45, 2.75) is 30.0 Å². The lowest BCUT2D eigenvalue weighted by molar-refractivity contribution is -0.192. The number of carboxylic acids is 1. The second kappa shape index (κ2) is 9.79. The van der Waals surface area contributed by atoms with Crippen LogP contribution >= 0.6 is 0 Å². The lowest BCUT2D eigenvalue weighted by Gasteiger charge is -2.11. The highest BCUT2D eigenvalue weighted by atomic mass is 32.2. The van der Waals surface area contributed by atoms with Crippen LogP contribution in [0.25, 0.3) is 22.2 Å².